The van der Waals surface area contributed by atoms with Crippen LogP contribution < -0.4 is 5.32 Å². The largest absolute Gasteiger partial charge is 0.325 e. The lowest BCUT2D eigenvalue weighted by atomic mass is 9.80. The SMILES string of the molecule is O=C1NC2(CCCc3sccc32)C(=O)N1CC1CC1. The Kier molecular flexibility index (Phi) is 2.31. The minimum atomic E-state index is -0.750. The van der Waals surface area contributed by atoms with Gasteiger partial charge in [-0.3, -0.25) is 9.69 Å². The van der Waals surface area contributed by atoms with Gasteiger partial charge in [-0.05, 0) is 49.5 Å². The molecule has 1 atom stereocenters. The molecule has 19 heavy (non-hydrogen) atoms. The van der Waals surface area contributed by atoms with Gasteiger partial charge in [0.15, 0.2) is 0 Å². The molecule has 1 N–H and O–H groups in total. The average molecular weight is 276 g/mol. The maximum atomic E-state index is 12.8. The number of rotatable bonds is 2. The van der Waals surface area contributed by atoms with Crippen molar-refractivity contribution in [3.05, 3.63) is 21.9 Å². The van der Waals surface area contributed by atoms with Crippen molar-refractivity contribution in [2.24, 2.45) is 5.92 Å². The van der Waals surface area contributed by atoms with E-state index in [-0.39, 0.29) is 11.9 Å². The number of amides is 3. The summed E-state index contributed by atoms with van der Waals surface area (Å²) in [5.74, 6) is 0.513. The summed E-state index contributed by atoms with van der Waals surface area (Å²) < 4.78 is 0. The zero-order chi connectivity index (χ0) is 13.0. The molecule has 1 saturated carbocycles. The monoisotopic (exact) mass is 276 g/mol. The number of urea groups is 1. The van der Waals surface area contributed by atoms with Crippen molar-refractivity contribution in [1.82, 2.24) is 10.2 Å². The summed E-state index contributed by atoms with van der Waals surface area (Å²) >= 11 is 1.69. The van der Waals surface area contributed by atoms with Gasteiger partial charge in [0.2, 0.25) is 0 Å². The standard InChI is InChI=1S/C14H16N2O2S/c17-12-14(6-1-2-11-10(14)5-7-19-11)15-13(18)16(12)8-9-3-4-9/h5,7,9H,1-4,6,8H2,(H,15,18). The first-order valence-electron chi connectivity index (χ1n) is 6.92. The van der Waals surface area contributed by atoms with Gasteiger partial charge in [0, 0.05) is 17.0 Å². The number of imide groups is 1. The minimum Gasteiger partial charge on any atom is -0.319 e. The van der Waals surface area contributed by atoms with E-state index < -0.39 is 5.54 Å². The molecule has 5 heteroatoms. The van der Waals surface area contributed by atoms with E-state index >= 15 is 0 Å². The highest BCUT2D eigenvalue weighted by Crippen LogP contribution is 2.43. The zero-order valence-electron chi connectivity index (χ0n) is 10.6. The van der Waals surface area contributed by atoms with Gasteiger partial charge in [0.05, 0.1) is 0 Å². The van der Waals surface area contributed by atoms with Crippen LogP contribution >= 0.6 is 11.3 Å². The molecule has 0 aromatic carbocycles. The van der Waals surface area contributed by atoms with Gasteiger partial charge >= 0.3 is 6.03 Å². The van der Waals surface area contributed by atoms with Gasteiger partial charge in [-0.1, -0.05) is 0 Å². The van der Waals surface area contributed by atoms with Gasteiger partial charge in [0.25, 0.3) is 5.91 Å². The van der Waals surface area contributed by atoms with Gasteiger partial charge in [-0.2, -0.15) is 0 Å². The normalized spacial score (nSPS) is 29.8. The van der Waals surface area contributed by atoms with E-state index in [2.05, 4.69) is 5.32 Å². The van der Waals surface area contributed by atoms with E-state index in [0.29, 0.717) is 12.5 Å². The highest BCUT2D eigenvalue weighted by atomic mass is 32.1. The molecule has 4 rings (SSSR count). The van der Waals surface area contributed by atoms with Crippen LogP contribution in [0.2, 0.25) is 0 Å². The summed E-state index contributed by atoms with van der Waals surface area (Å²) in [4.78, 5) is 27.6. The van der Waals surface area contributed by atoms with Crippen LogP contribution in [0.1, 0.15) is 36.1 Å². The first-order valence-corrected chi connectivity index (χ1v) is 7.80. The van der Waals surface area contributed by atoms with Gasteiger partial charge < -0.3 is 5.32 Å². The molecule has 2 aliphatic carbocycles. The van der Waals surface area contributed by atoms with Gasteiger partial charge in [-0.15, -0.1) is 11.3 Å². The minimum absolute atomic E-state index is 0.0243. The quantitative estimate of drug-likeness (QED) is 0.842. The van der Waals surface area contributed by atoms with E-state index in [0.717, 1.165) is 37.7 Å². The van der Waals surface area contributed by atoms with Crippen LogP contribution in [-0.2, 0) is 16.8 Å². The molecule has 1 unspecified atom stereocenters. The Balaban J connectivity index is 1.72. The fourth-order valence-electron chi connectivity index (χ4n) is 3.27. The zero-order valence-corrected chi connectivity index (χ0v) is 11.5. The second-order valence-corrected chi connectivity index (χ2v) is 6.81. The third-order valence-corrected chi connectivity index (χ3v) is 5.45. The number of fused-ring (bicyclic) bond motifs is 2. The summed E-state index contributed by atoms with van der Waals surface area (Å²) in [5.41, 5.74) is 0.292. The second-order valence-electron chi connectivity index (χ2n) is 5.81. The molecular weight excluding hydrogens is 260 g/mol. The molecule has 3 amide bonds. The molecule has 4 nitrogen and oxygen atoms in total. The number of carbonyl (C=O) groups excluding carboxylic acids is 2. The fraction of sp³-hybridized carbons (Fsp3) is 0.571. The topological polar surface area (TPSA) is 49.4 Å². The number of thiophene rings is 1. The summed E-state index contributed by atoms with van der Waals surface area (Å²) in [6.45, 7) is 0.603. The van der Waals surface area contributed by atoms with Crippen LogP contribution in [-0.4, -0.2) is 23.4 Å². The smallest absolute Gasteiger partial charge is 0.319 e. The van der Waals surface area contributed by atoms with Crippen LogP contribution in [0.4, 0.5) is 4.79 Å². The van der Waals surface area contributed by atoms with Gasteiger partial charge in [-0.25, -0.2) is 4.79 Å². The predicted molar refractivity (Wildman–Crippen MR) is 71.9 cm³/mol. The van der Waals surface area contributed by atoms with Crippen LogP contribution in [0.5, 0.6) is 0 Å². The van der Waals surface area contributed by atoms with Crippen LogP contribution in [0, 0.1) is 5.92 Å². The molecule has 1 aliphatic heterocycles. The molecule has 1 saturated heterocycles. The molecular formula is C14H16N2O2S. The Morgan fingerprint density at radius 1 is 1.42 bits per heavy atom. The number of carbonyl (C=O) groups is 2. The maximum Gasteiger partial charge on any atom is 0.325 e. The third-order valence-electron chi connectivity index (χ3n) is 4.47. The number of nitrogens with one attached hydrogen (secondary N) is 1. The summed E-state index contributed by atoms with van der Waals surface area (Å²) in [6, 6.07) is 1.81. The third kappa shape index (κ3) is 1.57. The van der Waals surface area contributed by atoms with E-state index in [4.69, 9.17) is 0 Å². The number of nitrogens with zero attached hydrogens (tertiary/aromatic N) is 1. The number of hydrogen-bond acceptors (Lipinski definition) is 3. The molecule has 100 valence electrons. The van der Waals surface area contributed by atoms with Crippen LogP contribution in [0.15, 0.2) is 11.4 Å². The summed E-state index contributed by atoms with van der Waals surface area (Å²) in [7, 11) is 0. The molecule has 0 bridgehead atoms. The van der Waals surface area contributed by atoms with Crippen molar-refractivity contribution >= 4 is 23.3 Å². The lowest BCUT2D eigenvalue weighted by molar-refractivity contribution is -0.132. The number of aryl methyl sites for hydroxylation is 1. The lowest BCUT2D eigenvalue weighted by Crippen LogP contribution is -2.46. The maximum absolute atomic E-state index is 12.8. The molecule has 1 aromatic heterocycles. The highest BCUT2D eigenvalue weighted by molar-refractivity contribution is 7.10. The van der Waals surface area contributed by atoms with Crippen LogP contribution in [0.25, 0.3) is 0 Å². The van der Waals surface area contributed by atoms with Crippen molar-refractivity contribution in [3.8, 4) is 0 Å². The van der Waals surface area contributed by atoms with Gasteiger partial charge in [0.1, 0.15) is 5.54 Å². The predicted octanol–water partition coefficient (Wildman–Crippen LogP) is 2.24. The first-order chi connectivity index (χ1) is 9.21. The molecule has 3 aliphatic rings. The fourth-order valence-corrected chi connectivity index (χ4v) is 4.27. The highest BCUT2D eigenvalue weighted by Gasteiger charge is 2.54. The molecule has 2 fully saturated rings. The summed E-state index contributed by atoms with van der Waals surface area (Å²) in [6.07, 6.45) is 5.03. The van der Waals surface area contributed by atoms with E-state index in [1.165, 1.54) is 9.78 Å². The number of hydrogen-bond donors (Lipinski definition) is 1. The van der Waals surface area contributed by atoms with Crippen LogP contribution in [0.3, 0.4) is 0 Å². The van der Waals surface area contributed by atoms with Crippen molar-refractivity contribution in [3.63, 3.8) is 0 Å². The van der Waals surface area contributed by atoms with Crippen molar-refractivity contribution < 1.29 is 9.59 Å². The Hall–Kier alpha value is -1.36. The first kappa shape index (κ1) is 11.5. The molecule has 1 aromatic rings. The van der Waals surface area contributed by atoms with E-state index in [1.54, 1.807) is 11.3 Å². The Morgan fingerprint density at radius 2 is 2.26 bits per heavy atom. The molecule has 0 radical (unpaired) electrons. The second kappa shape index (κ2) is 3.82. The van der Waals surface area contributed by atoms with Crippen molar-refractivity contribution in [2.45, 2.75) is 37.6 Å². The average Bonchev–Trinajstić information content (AvgIpc) is 3.03. The van der Waals surface area contributed by atoms with Crippen molar-refractivity contribution in [2.75, 3.05) is 6.54 Å². The Morgan fingerprint density at radius 3 is 3.05 bits per heavy atom. The van der Waals surface area contributed by atoms with Crippen molar-refractivity contribution in [1.29, 1.82) is 0 Å². The Labute approximate surface area is 115 Å². The Bertz CT molecular complexity index is 564. The molecule has 1 spiro atoms. The lowest BCUT2D eigenvalue weighted by Gasteiger charge is -2.31. The summed E-state index contributed by atoms with van der Waals surface area (Å²) in [5, 5.41) is 5.02. The van der Waals surface area contributed by atoms with E-state index in [1.807, 2.05) is 11.4 Å². The van der Waals surface area contributed by atoms with E-state index in [9.17, 15) is 9.59 Å². The molecule has 2 heterocycles.